The van der Waals surface area contributed by atoms with Crippen molar-refractivity contribution in [2.75, 3.05) is 5.73 Å². The van der Waals surface area contributed by atoms with Crippen LogP contribution in [0.15, 0.2) is 18.2 Å². The smallest absolute Gasteiger partial charge is 0.0502 e. The number of anilines is 1. The van der Waals surface area contributed by atoms with Crippen LogP contribution in [-0.2, 0) is 0 Å². The maximum Gasteiger partial charge on any atom is 0.0502 e. The van der Waals surface area contributed by atoms with Gasteiger partial charge in [0.25, 0.3) is 0 Å². The largest absolute Gasteiger partial charge is 0.398 e. The Hall–Kier alpha value is -1.42. The average Bonchev–Trinajstić information content (AvgIpc) is 2.19. The van der Waals surface area contributed by atoms with Crippen molar-refractivity contribution in [3.8, 4) is 11.8 Å². The van der Waals surface area contributed by atoms with Crippen molar-refractivity contribution in [2.24, 2.45) is 0 Å². The second-order valence-corrected chi connectivity index (χ2v) is 3.44. The fourth-order valence-corrected chi connectivity index (χ4v) is 1.21. The molecule has 0 heterocycles. The van der Waals surface area contributed by atoms with Gasteiger partial charge in [0.05, 0.1) is 5.69 Å². The van der Waals surface area contributed by atoms with Crippen molar-refractivity contribution in [2.45, 2.75) is 33.1 Å². The number of nitrogen functional groups attached to an aromatic ring is 1. The van der Waals surface area contributed by atoms with E-state index in [1.54, 1.807) is 0 Å². The van der Waals surface area contributed by atoms with E-state index in [0.29, 0.717) is 0 Å². The van der Waals surface area contributed by atoms with E-state index in [2.05, 4.69) is 18.8 Å². The summed E-state index contributed by atoms with van der Waals surface area (Å²) < 4.78 is 0. The Morgan fingerprint density at radius 1 is 1.36 bits per heavy atom. The topological polar surface area (TPSA) is 26.0 Å². The monoisotopic (exact) mass is 187 g/mol. The molecule has 1 nitrogen and oxygen atoms in total. The zero-order valence-corrected chi connectivity index (χ0v) is 8.93. The maximum atomic E-state index is 5.89. The molecule has 74 valence electrons. The minimum Gasteiger partial charge on any atom is -0.398 e. The highest BCUT2D eigenvalue weighted by atomic mass is 14.6. The van der Waals surface area contributed by atoms with E-state index in [-0.39, 0.29) is 0 Å². The molecule has 0 fully saturated rings. The van der Waals surface area contributed by atoms with Crippen molar-refractivity contribution in [1.82, 2.24) is 0 Å². The van der Waals surface area contributed by atoms with Gasteiger partial charge in [-0.3, -0.25) is 0 Å². The van der Waals surface area contributed by atoms with Gasteiger partial charge in [-0.1, -0.05) is 37.3 Å². The summed E-state index contributed by atoms with van der Waals surface area (Å²) in [5.41, 5.74) is 8.77. The van der Waals surface area contributed by atoms with Gasteiger partial charge in [-0.2, -0.15) is 0 Å². The molecule has 0 unspecified atom stereocenters. The molecule has 0 saturated carbocycles. The van der Waals surface area contributed by atoms with Crippen LogP contribution in [0.2, 0.25) is 0 Å². The molecule has 0 aromatic heterocycles. The molecule has 0 spiro atoms. The molecule has 1 aromatic carbocycles. The van der Waals surface area contributed by atoms with Crippen LogP contribution in [0.5, 0.6) is 0 Å². The van der Waals surface area contributed by atoms with E-state index < -0.39 is 0 Å². The summed E-state index contributed by atoms with van der Waals surface area (Å²) in [4.78, 5) is 0. The molecular formula is C13H17N. The van der Waals surface area contributed by atoms with Gasteiger partial charge in [-0.05, 0) is 25.0 Å². The number of rotatable bonds is 2. The van der Waals surface area contributed by atoms with Crippen molar-refractivity contribution >= 4 is 5.69 Å². The predicted molar refractivity (Wildman–Crippen MR) is 62.0 cm³/mol. The number of hydrogen-bond donors (Lipinski definition) is 1. The van der Waals surface area contributed by atoms with E-state index in [4.69, 9.17) is 5.73 Å². The summed E-state index contributed by atoms with van der Waals surface area (Å²) in [5.74, 6) is 6.25. The highest BCUT2D eigenvalue weighted by molar-refractivity contribution is 5.60. The van der Waals surface area contributed by atoms with Crippen LogP contribution < -0.4 is 5.73 Å². The van der Waals surface area contributed by atoms with E-state index in [9.17, 15) is 0 Å². The molecule has 14 heavy (non-hydrogen) atoms. The lowest BCUT2D eigenvalue weighted by molar-refractivity contribution is 0.828. The van der Waals surface area contributed by atoms with Gasteiger partial charge in [0.2, 0.25) is 0 Å². The Bertz CT molecular complexity index is 355. The second kappa shape index (κ2) is 5.34. The van der Waals surface area contributed by atoms with E-state index in [1.165, 1.54) is 12.8 Å². The highest BCUT2D eigenvalue weighted by Crippen LogP contribution is 2.14. The number of para-hydroxylation sites is 1. The average molecular weight is 187 g/mol. The van der Waals surface area contributed by atoms with Crippen LogP contribution in [0, 0.1) is 18.8 Å². The summed E-state index contributed by atoms with van der Waals surface area (Å²) >= 11 is 0. The molecule has 0 atom stereocenters. The Morgan fingerprint density at radius 2 is 2.14 bits per heavy atom. The first-order valence-electron chi connectivity index (χ1n) is 5.09. The van der Waals surface area contributed by atoms with Gasteiger partial charge in [0.15, 0.2) is 0 Å². The zero-order chi connectivity index (χ0) is 10.4. The summed E-state index contributed by atoms with van der Waals surface area (Å²) in [5, 5.41) is 0. The fourth-order valence-electron chi connectivity index (χ4n) is 1.21. The van der Waals surface area contributed by atoms with Crippen molar-refractivity contribution < 1.29 is 0 Å². The van der Waals surface area contributed by atoms with Gasteiger partial charge in [-0.15, -0.1) is 0 Å². The minimum absolute atomic E-state index is 0.816. The standard InChI is InChI=1S/C13H17N/c1-3-4-5-6-9-12-10-7-8-11(2)13(12)14/h7-8,10H,3-5,14H2,1-2H3. The summed E-state index contributed by atoms with van der Waals surface area (Å²) in [6.07, 6.45) is 3.32. The van der Waals surface area contributed by atoms with E-state index in [1.807, 2.05) is 25.1 Å². The van der Waals surface area contributed by atoms with Gasteiger partial charge in [0.1, 0.15) is 0 Å². The number of unbranched alkanes of at least 4 members (excludes halogenated alkanes) is 2. The normalized spacial score (nSPS) is 9.29. The van der Waals surface area contributed by atoms with E-state index >= 15 is 0 Å². The minimum atomic E-state index is 0.816. The molecule has 2 N–H and O–H groups in total. The Balaban J connectivity index is 2.74. The third kappa shape index (κ3) is 2.81. The van der Waals surface area contributed by atoms with Crippen LogP contribution in [0.1, 0.15) is 37.3 Å². The molecule has 1 rings (SSSR count). The van der Waals surface area contributed by atoms with Crippen LogP contribution in [-0.4, -0.2) is 0 Å². The Labute approximate surface area is 86.3 Å². The number of aryl methyl sites for hydroxylation is 1. The van der Waals surface area contributed by atoms with Gasteiger partial charge < -0.3 is 5.73 Å². The first-order valence-corrected chi connectivity index (χ1v) is 5.09. The molecular weight excluding hydrogens is 170 g/mol. The molecule has 0 bridgehead atoms. The van der Waals surface area contributed by atoms with Crippen LogP contribution in [0.25, 0.3) is 0 Å². The lowest BCUT2D eigenvalue weighted by Crippen LogP contribution is -1.92. The first-order chi connectivity index (χ1) is 6.75. The first kappa shape index (κ1) is 10.7. The molecule has 1 heteroatoms. The van der Waals surface area contributed by atoms with Crippen LogP contribution >= 0.6 is 0 Å². The molecule has 0 amide bonds. The molecule has 0 aliphatic heterocycles. The molecule has 0 saturated heterocycles. The maximum absolute atomic E-state index is 5.89. The number of nitrogens with two attached hydrogens (primary N) is 1. The lowest BCUT2D eigenvalue weighted by Gasteiger charge is -2.00. The third-order valence-corrected chi connectivity index (χ3v) is 2.20. The predicted octanol–water partition coefficient (Wildman–Crippen LogP) is 3.12. The highest BCUT2D eigenvalue weighted by Gasteiger charge is 1.96. The number of hydrogen-bond acceptors (Lipinski definition) is 1. The summed E-state index contributed by atoms with van der Waals surface area (Å²) in [7, 11) is 0. The van der Waals surface area contributed by atoms with Crippen molar-refractivity contribution in [3.05, 3.63) is 29.3 Å². The molecule has 1 aromatic rings. The van der Waals surface area contributed by atoms with Crippen LogP contribution in [0.4, 0.5) is 5.69 Å². The van der Waals surface area contributed by atoms with Gasteiger partial charge in [-0.25, -0.2) is 0 Å². The van der Waals surface area contributed by atoms with Crippen molar-refractivity contribution in [1.29, 1.82) is 0 Å². The zero-order valence-electron chi connectivity index (χ0n) is 8.93. The Morgan fingerprint density at radius 3 is 2.86 bits per heavy atom. The molecule has 0 radical (unpaired) electrons. The SMILES string of the molecule is CCCCC#Cc1cccc(C)c1N. The van der Waals surface area contributed by atoms with Gasteiger partial charge >= 0.3 is 0 Å². The molecule has 0 aliphatic rings. The Kier molecular flexibility index (Phi) is 4.07. The van der Waals surface area contributed by atoms with Crippen LogP contribution in [0.3, 0.4) is 0 Å². The molecule has 0 aliphatic carbocycles. The summed E-state index contributed by atoms with van der Waals surface area (Å²) in [6, 6.07) is 5.98. The fraction of sp³-hybridized carbons (Fsp3) is 0.385. The van der Waals surface area contributed by atoms with E-state index in [0.717, 1.165) is 23.2 Å². The third-order valence-electron chi connectivity index (χ3n) is 2.20. The number of benzene rings is 1. The lowest BCUT2D eigenvalue weighted by atomic mass is 10.1. The van der Waals surface area contributed by atoms with Gasteiger partial charge in [0, 0.05) is 12.0 Å². The second-order valence-electron chi connectivity index (χ2n) is 3.44. The quantitative estimate of drug-likeness (QED) is 0.429. The summed E-state index contributed by atoms with van der Waals surface area (Å²) in [6.45, 7) is 4.18. The van der Waals surface area contributed by atoms with Crippen molar-refractivity contribution in [3.63, 3.8) is 0 Å².